The van der Waals surface area contributed by atoms with Gasteiger partial charge in [0.25, 0.3) is 5.91 Å². The van der Waals surface area contributed by atoms with Gasteiger partial charge in [0.2, 0.25) is 0 Å². The number of rotatable bonds is 3. The zero-order valence-electron chi connectivity index (χ0n) is 11.8. The lowest BCUT2D eigenvalue weighted by Gasteiger charge is -2.31. The van der Waals surface area contributed by atoms with Crippen LogP contribution in [0.2, 0.25) is 0 Å². The Morgan fingerprint density at radius 1 is 1.45 bits per heavy atom. The van der Waals surface area contributed by atoms with E-state index in [-0.39, 0.29) is 5.91 Å². The topological polar surface area (TPSA) is 67.2 Å². The monoisotopic (exact) mass is 277 g/mol. The Hall–Kier alpha value is -1.36. The molecule has 1 aromatic rings. The summed E-state index contributed by atoms with van der Waals surface area (Å²) in [5.74, 6) is 1.36. The molecule has 3 rings (SSSR count). The molecule has 5 nitrogen and oxygen atoms in total. The van der Waals surface area contributed by atoms with Gasteiger partial charge in [-0.25, -0.2) is 4.98 Å². The standard InChI is InChI=1S/C15H23N3O2/c19-14(15(20)5-2-1-3-6-15)17-11-12-4-8-18-9-7-16-13(18)10-12/h7,9,12,20H,1-6,8,10-11H2,(H,17,19). The van der Waals surface area contributed by atoms with Gasteiger partial charge in [0.1, 0.15) is 11.4 Å². The van der Waals surface area contributed by atoms with E-state index in [9.17, 15) is 9.90 Å². The minimum Gasteiger partial charge on any atom is -0.380 e. The summed E-state index contributed by atoms with van der Waals surface area (Å²) in [5, 5.41) is 13.3. The van der Waals surface area contributed by atoms with Gasteiger partial charge >= 0.3 is 0 Å². The van der Waals surface area contributed by atoms with Crippen LogP contribution < -0.4 is 5.32 Å². The Balaban J connectivity index is 1.51. The third-order valence-electron chi connectivity index (χ3n) is 4.71. The summed E-state index contributed by atoms with van der Waals surface area (Å²) in [6.07, 6.45) is 10.0. The van der Waals surface area contributed by atoms with E-state index in [0.29, 0.717) is 25.3 Å². The van der Waals surface area contributed by atoms with Crippen molar-refractivity contribution in [1.82, 2.24) is 14.9 Å². The van der Waals surface area contributed by atoms with E-state index in [1.165, 1.54) is 0 Å². The van der Waals surface area contributed by atoms with E-state index >= 15 is 0 Å². The molecule has 1 aromatic heterocycles. The number of hydrogen-bond donors (Lipinski definition) is 2. The Morgan fingerprint density at radius 2 is 2.25 bits per heavy atom. The second-order valence-electron chi connectivity index (χ2n) is 6.20. The number of aromatic nitrogens is 2. The Kier molecular flexibility index (Phi) is 3.78. The lowest BCUT2D eigenvalue weighted by Crippen LogP contribution is -2.49. The normalized spacial score (nSPS) is 24.9. The number of aryl methyl sites for hydroxylation is 1. The Morgan fingerprint density at radius 3 is 3.05 bits per heavy atom. The lowest BCUT2D eigenvalue weighted by molar-refractivity contribution is -0.143. The molecule has 1 atom stereocenters. The van der Waals surface area contributed by atoms with Crippen LogP contribution in [-0.2, 0) is 17.8 Å². The molecule has 1 saturated carbocycles. The Labute approximate surface area is 119 Å². The van der Waals surface area contributed by atoms with Crippen molar-refractivity contribution in [3.05, 3.63) is 18.2 Å². The maximum Gasteiger partial charge on any atom is 0.251 e. The van der Waals surface area contributed by atoms with Crippen molar-refractivity contribution in [2.75, 3.05) is 6.54 Å². The molecule has 1 fully saturated rings. The number of carbonyl (C=O) groups is 1. The van der Waals surface area contributed by atoms with Crippen LogP contribution >= 0.6 is 0 Å². The second kappa shape index (κ2) is 5.56. The average Bonchev–Trinajstić information content (AvgIpc) is 2.93. The zero-order chi connectivity index (χ0) is 14.0. The number of nitrogens with one attached hydrogen (secondary N) is 1. The van der Waals surface area contributed by atoms with Crippen molar-refractivity contribution in [2.24, 2.45) is 5.92 Å². The van der Waals surface area contributed by atoms with E-state index in [4.69, 9.17) is 0 Å². The molecule has 2 heterocycles. The predicted octanol–water partition coefficient (Wildman–Crippen LogP) is 1.26. The highest BCUT2D eigenvalue weighted by molar-refractivity contribution is 5.84. The molecule has 1 amide bonds. The van der Waals surface area contributed by atoms with Gasteiger partial charge in [-0.05, 0) is 25.2 Å². The van der Waals surface area contributed by atoms with Gasteiger partial charge in [-0.3, -0.25) is 4.79 Å². The molecule has 2 N–H and O–H groups in total. The summed E-state index contributed by atoms with van der Waals surface area (Å²) in [6.45, 7) is 1.62. The van der Waals surface area contributed by atoms with Crippen molar-refractivity contribution in [1.29, 1.82) is 0 Å². The quantitative estimate of drug-likeness (QED) is 0.874. The molecule has 0 aromatic carbocycles. The van der Waals surface area contributed by atoms with Crippen molar-refractivity contribution in [2.45, 2.75) is 57.1 Å². The van der Waals surface area contributed by atoms with E-state index in [1.807, 2.05) is 12.4 Å². The highest BCUT2D eigenvalue weighted by Crippen LogP contribution is 2.28. The van der Waals surface area contributed by atoms with Crippen LogP contribution in [0.4, 0.5) is 0 Å². The van der Waals surface area contributed by atoms with E-state index in [1.54, 1.807) is 0 Å². The maximum atomic E-state index is 12.2. The van der Waals surface area contributed by atoms with Gasteiger partial charge in [0, 0.05) is 31.9 Å². The fraction of sp³-hybridized carbons (Fsp3) is 0.733. The largest absolute Gasteiger partial charge is 0.380 e. The number of amides is 1. The number of imidazole rings is 1. The van der Waals surface area contributed by atoms with E-state index in [2.05, 4.69) is 14.9 Å². The molecule has 2 aliphatic rings. The fourth-order valence-electron chi connectivity index (χ4n) is 3.36. The fourth-order valence-corrected chi connectivity index (χ4v) is 3.36. The molecule has 0 bridgehead atoms. The van der Waals surface area contributed by atoms with Crippen molar-refractivity contribution < 1.29 is 9.90 Å². The zero-order valence-corrected chi connectivity index (χ0v) is 11.8. The first-order chi connectivity index (χ1) is 9.67. The van der Waals surface area contributed by atoms with Crippen LogP contribution in [0.1, 0.15) is 44.3 Å². The first-order valence-electron chi connectivity index (χ1n) is 7.68. The molecule has 5 heteroatoms. The SMILES string of the molecule is O=C(NCC1CCn2ccnc2C1)C1(O)CCCCC1. The van der Waals surface area contributed by atoms with E-state index < -0.39 is 5.60 Å². The summed E-state index contributed by atoms with van der Waals surface area (Å²) in [5.41, 5.74) is -1.12. The molecule has 1 unspecified atom stereocenters. The van der Waals surface area contributed by atoms with Gasteiger partial charge in [0.15, 0.2) is 0 Å². The van der Waals surface area contributed by atoms with Crippen LogP contribution in [0, 0.1) is 5.92 Å². The van der Waals surface area contributed by atoms with Crippen LogP contribution in [0.15, 0.2) is 12.4 Å². The number of nitrogens with zero attached hydrogens (tertiary/aromatic N) is 2. The number of carbonyl (C=O) groups excluding carboxylic acids is 1. The molecular weight excluding hydrogens is 254 g/mol. The van der Waals surface area contributed by atoms with Crippen LogP contribution in [-0.4, -0.2) is 32.7 Å². The summed E-state index contributed by atoms with van der Waals surface area (Å²) in [6, 6.07) is 0. The third kappa shape index (κ3) is 2.73. The molecule has 0 saturated heterocycles. The first kappa shape index (κ1) is 13.6. The summed E-state index contributed by atoms with van der Waals surface area (Å²) >= 11 is 0. The third-order valence-corrected chi connectivity index (χ3v) is 4.71. The molecular formula is C15H23N3O2. The number of hydrogen-bond acceptors (Lipinski definition) is 3. The lowest BCUT2D eigenvalue weighted by atomic mass is 9.84. The average molecular weight is 277 g/mol. The highest BCUT2D eigenvalue weighted by Gasteiger charge is 2.37. The van der Waals surface area contributed by atoms with Gasteiger partial charge in [-0.1, -0.05) is 19.3 Å². The smallest absolute Gasteiger partial charge is 0.251 e. The van der Waals surface area contributed by atoms with Gasteiger partial charge in [-0.15, -0.1) is 0 Å². The van der Waals surface area contributed by atoms with Crippen molar-refractivity contribution >= 4 is 5.91 Å². The summed E-state index contributed by atoms with van der Waals surface area (Å²) < 4.78 is 2.17. The van der Waals surface area contributed by atoms with Gasteiger partial charge in [0.05, 0.1) is 0 Å². The molecule has 20 heavy (non-hydrogen) atoms. The molecule has 0 radical (unpaired) electrons. The van der Waals surface area contributed by atoms with E-state index in [0.717, 1.165) is 44.5 Å². The van der Waals surface area contributed by atoms with Crippen LogP contribution in [0.25, 0.3) is 0 Å². The molecule has 1 aliphatic carbocycles. The molecule has 0 spiro atoms. The van der Waals surface area contributed by atoms with Crippen molar-refractivity contribution in [3.8, 4) is 0 Å². The van der Waals surface area contributed by atoms with Crippen molar-refractivity contribution in [3.63, 3.8) is 0 Å². The number of aliphatic hydroxyl groups is 1. The molecule has 110 valence electrons. The van der Waals surface area contributed by atoms with Gasteiger partial charge < -0.3 is 15.0 Å². The summed E-state index contributed by atoms with van der Waals surface area (Å²) in [7, 11) is 0. The first-order valence-corrected chi connectivity index (χ1v) is 7.68. The van der Waals surface area contributed by atoms with Crippen LogP contribution in [0.5, 0.6) is 0 Å². The predicted molar refractivity (Wildman–Crippen MR) is 75.1 cm³/mol. The summed E-state index contributed by atoms with van der Waals surface area (Å²) in [4.78, 5) is 16.5. The highest BCUT2D eigenvalue weighted by atomic mass is 16.3. The van der Waals surface area contributed by atoms with Gasteiger partial charge in [-0.2, -0.15) is 0 Å². The Bertz CT molecular complexity index is 477. The number of fused-ring (bicyclic) bond motifs is 1. The maximum absolute atomic E-state index is 12.2. The minimum absolute atomic E-state index is 0.175. The van der Waals surface area contributed by atoms with Crippen LogP contribution in [0.3, 0.4) is 0 Å². The molecule has 1 aliphatic heterocycles. The minimum atomic E-state index is -1.12. The second-order valence-corrected chi connectivity index (χ2v) is 6.20.